The number of hydrogen-bond acceptors (Lipinski definition) is 3. The summed E-state index contributed by atoms with van der Waals surface area (Å²) >= 11 is 0. The number of H-pyrrole nitrogens is 1. The predicted octanol–water partition coefficient (Wildman–Crippen LogP) is 2.00. The van der Waals surface area contributed by atoms with E-state index in [4.69, 9.17) is 0 Å². The van der Waals surface area contributed by atoms with Gasteiger partial charge in [0.1, 0.15) is 0 Å². The normalized spacial score (nSPS) is 11.8. The van der Waals surface area contributed by atoms with Crippen molar-refractivity contribution in [1.82, 2.24) is 14.9 Å². The first-order valence-corrected chi connectivity index (χ1v) is 8.56. The quantitative estimate of drug-likeness (QED) is 0.857. The summed E-state index contributed by atoms with van der Waals surface area (Å²) in [6.45, 7) is 6.19. The Morgan fingerprint density at radius 2 is 2.00 bits per heavy atom. The average Bonchev–Trinajstić information content (AvgIpc) is 2.69. The van der Waals surface area contributed by atoms with Gasteiger partial charge in [0.05, 0.1) is 11.4 Å². The maximum atomic E-state index is 12.1. The minimum atomic E-state index is -3.31. The number of nitrogens with zero attached hydrogens (tertiary/aromatic N) is 1. The molecule has 6 heteroatoms. The molecule has 0 amide bonds. The lowest BCUT2D eigenvalue weighted by Gasteiger charge is -2.07. The van der Waals surface area contributed by atoms with E-state index in [9.17, 15) is 8.42 Å². The molecule has 0 spiro atoms. The van der Waals surface area contributed by atoms with Gasteiger partial charge in [-0.05, 0) is 38.3 Å². The highest BCUT2D eigenvalue weighted by Crippen LogP contribution is 2.10. The number of hydrogen-bond donors (Lipinski definition) is 2. The summed E-state index contributed by atoms with van der Waals surface area (Å²) in [4.78, 5) is 0. The van der Waals surface area contributed by atoms with Gasteiger partial charge in [-0.15, -0.1) is 0 Å². The molecule has 2 rings (SSSR count). The molecule has 0 atom stereocenters. The Bertz CT molecular complexity index is 701. The lowest BCUT2D eigenvalue weighted by atomic mass is 10.1. The van der Waals surface area contributed by atoms with Crippen LogP contribution >= 0.6 is 0 Å². The molecule has 2 N–H and O–H groups in total. The summed E-state index contributed by atoms with van der Waals surface area (Å²) in [6.07, 6.45) is 0.640. The fourth-order valence-electron chi connectivity index (χ4n) is 2.35. The van der Waals surface area contributed by atoms with Crippen molar-refractivity contribution in [2.24, 2.45) is 0 Å². The molecular weight excluding hydrogens is 286 g/mol. The summed E-state index contributed by atoms with van der Waals surface area (Å²) in [6, 6.07) is 7.55. The van der Waals surface area contributed by atoms with E-state index < -0.39 is 10.0 Å². The van der Waals surface area contributed by atoms with Gasteiger partial charge in [0.2, 0.25) is 10.0 Å². The molecule has 0 fully saturated rings. The maximum absolute atomic E-state index is 12.1. The maximum Gasteiger partial charge on any atom is 0.215 e. The molecular formula is C15H21N3O2S. The summed E-state index contributed by atoms with van der Waals surface area (Å²) in [7, 11) is -3.31. The minimum Gasteiger partial charge on any atom is -0.282 e. The number of rotatable bonds is 6. The van der Waals surface area contributed by atoms with E-state index in [0.29, 0.717) is 13.0 Å². The predicted molar refractivity (Wildman–Crippen MR) is 83.6 cm³/mol. The Hall–Kier alpha value is -1.66. The number of aromatic nitrogens is 2. The second-order valence-electron chi connectivity index (χ2n) is 5.31. The molecule has 0 saturated carbocycles. The van der Waals surface area contributed by atoms with Crippen LogP contribution in [0.2, 0.25) is 0 Å². The average molecular weight is 307 g/mol. The molecule has 21 heavy (non-hydrogen) atoms. The summed E-state index contributed by atoms with van der Waals surface area (Å²) in [5, 5.41) is 7.01. The Kier molecular flexibility index (Phi) is 4.80. The number of nitrogens with one attached hydrogen (secondary N) is 2. The number of sulfonamides is 1. The van der Waals surface area contributed by atoms with Gasteiger partial charge in [-0.1, -0.05) is 29.8 Å². The van der Waals surface area contributed by atoms with E-state index in [2.05, 4.69) is 14.9 Å². The van der Waals surface area contributed by atoms with E-state index in [1.165, 1.54) is 0 Å². The van der Waals surface area contributed by atoms with Crippen molar-refractivity contribution in [1.29, 1.82) is 0 Å². The van der Waals surface area contributed by atoms with Crippen molar-refractivity contribution in [2.75, 3.05) is 6.54 Å². The lowest BCUT2D eigenvalue weighted by Crippen LogP contribution is -2.27. The highest BCUT2D eigenvalue weighted by atomic mass is 32.2. The van der Waals surface area contributed by atoms with Crippen molar-refractivity contribution in [3.8, 4) is 0 Å². The molecule has 0 aliphatic carbocycles. The SMILES string of the molecule is Cc1cccc(CS(=O)(=O)NCCc2c(C)n[nH]c2C)c1. The van der Waals surface area contributed by atoms with Gasteiger partial charge >= 0.3 is 0 Å². The van der Waals surface area contributed by atoms with E-state index >= 15 is 0 Å². The van der Waals surface area contributed by atoms with Crippen molar-refractivity contribution < 1.29 is 8.42 Å². The highest BCUT2D eigenvalue weighted by molar-refractivity contribution is 7.88. The van der Waals surface area contributed by atoms with Crippen LogP contribution in [0, 0.1) is 20.8 Å². The second-order valence-corrected chi connectivity index (χ2v) is 7.11. The van der Waals surface area contributed by atoms with E-state index in [0.717, 1.165) is 28.1 Å². The van der Waals surface area contributed by atoms with Gasteiger partial charge in [-0.2, -0.15) is 5.10 Å². The largest absolute Gasteiger partial charge is 0.282 e. The highest BCUT2D eigenvalue weighted by Gasteiger charge is 2.12. The van der Waals surface area contributed by atoms with Crippen molar-refractivity contribution in [3.05, 3.63) is 52.3 Å². The zero-order valence-corrected chi connectivity index (χ0v) is 13.4. The fraction of sp³-hybridized carbons (Fsp3) is 0.400. The first-order valence-electron chi connectivity index (χ1n) is 6.91. The third kappa shape index (κ3) is 4.41. The molecule has 5 nitrogen and oxygen atoms in total. The molecule has 1 aromatic carbocycles. The Morgan fingerprint density at radius 3 is 2.62 bits per heavy atom. The van der Waals surface area contributed by atoms with Gasteiger partial charge in [0.25, 0.3) is 0 Å². The van der Waals surface area contributed by atoms with Crippen LogP contribution in [0.5, 0.6) is 0 Å². The van der Waals surface area contributed by atoms with Gasteiger partial charge in [-0.3, -0.25) is 5.10 Å². The standard InChI is InChI=1S/C15H21N3O2S/c1-11-5-4-6-14(9-11)10-21(19,20)16-8-7-15-12(2)17-18-13(15)3/h4-6,9,16H,7-8,10H2,1-3H3,(H,17,18). The van der Waals surface area contributed by atoms with Crippen LogP contribution in [0.3, 0.4) is 0 Å². The molecule has 0 radical (unpaired) electrons. The topological polar surface area (TPSA) is 74.8 Å². The fourth-order valence-corrected chi connectivity index (χ4v) is 3.48. The summed E-state index contributed by atoms with van der Waals surface area (Å²) in [5.74, 6) is 0.0119. The van der Waals surface area contributed by atoms with Crippen molar-refractivity contribution >= 4 is 10.0 Å². The number of aromatic amines is 1. The smallest absolute Gasteiger partial charge is 0.215 e. The Labute approximate surface area is 125 Å². The van der Waals surface area contributed by atoms with Crippen molar-refractivity contribution in [2.45, 2.75) is 32.9 Å². The van der Waals surface area contributed by atoms with Gasteiger partial charge in [0.15, 0.2) is 0 Å². The third-order valence-electron chi connectivity index (χ3n) is 3.42. The Balaban J connectivity index is 1.93. The third-order valence-corrected chi connectivity index (χ3v) is 4.77. The second kappa shape index (κ2) is 6.41. The van der Waals surface area contributed by atoms with Gasteiger partial charge in [-0.25, -0.2) is 13.1 Å². The van der Waals surface area contributed by atoms with E-state index in [1.54, 1.807) is 0 Å². The van der Waals surface area contributed by atoms with Crippen LogP contribution in [0.15, 0.2) is 24.3 Å². The zero-order valence-electron chi connectivity index (χ0n) is 12.6. The van der Waals surface area contributed by atoms with Crippen LogP contribution < -0.4 is 4.72 Å². The van der Waals surface area contributed by atoms with Gasteiger partial charge < -0.3 is 0 Å². The first-order chi connectivity index (χ1) is 9.87. The zero-order chi connectivity index (χ0) is 15.5. The molecule has 2 aromatic rings. The number of benzene rings is 1. The van der Waals surface area contributed by atoms with Gasteiger partial charge in [0, 0.05) is 12.2 Å². The van der Waals surface area contributed by atoms with E-state index in [-0.39, 0.29) is 5.75 Å². The van der Waals surface area contributed by atoms with Crippen LogP contribution in [0.4, 0.5) is 0 Å². The molecule has 0 aliphatic rings. The Morgan fingerprint density at radius 1 is 1.24 bits per heavy atom. The summed E-state index contributed by atoms with van der Waals surface area (Å²) < 4.78 is 26.8. The molecule has 1 aromatic heterocycles. The summed E-state index contributed by atoms with van der Waals surface area (Å²) in [5.41, 5.74) is 4.86. The minimum absolute atomic E-state index is 0.0119. The van der Waals surface area contributed by atoms with Crippen LogP contribution in [-0.4, -0.2) is 25.2 Å². The molecule has 0 unspecified atom stereocenters. The van der Waals surface area contributed by atoms with Crippen molar-refractivity contribution in [3.63, 3.8) is 0 Å². The molecule has 114 valence electrons. The van der Waals surface area contributed by atoms with Crippen LogP contribution in [-0.2, 0) is 22.2 Å². The molecule has 0 bridgehead atoms. The molecule has 0 saturated heterocycles. The van der Waals surface area contributed by atoms with Crippen LogP contribution in [0.1, 0.15) is 28.1 Å². The first kappa shape index (κ1) is 15.7. The molecule has 1 heterocycles. The van der Waals surface area contributed by atoms with Crippen LogP contribution in [0.25, 0.3) is 0 Å². The van der Waals surface area contributed by atoms with E-state index in [1.807, 2.05) is 45.0 Å². The molecule has 0 aliphatic heterocycles. The lowest BCUT2D eigenvalue weighted by molar-refractivity contribution is 0.580. The number of aryl methyl sites for hydroxylation is 3. The monoisotopic (exact) mass is 307 g/mol.